The van der Waals surface area contributed by atoms with Crippen molar-refractivity contribution in [2.24, 2.45) is 0 Å². The summed E-state index contributed by atoms with van der Waals surface area (Å²) in [4.78, 5) is 2.45. The van der Waals surface area contributed by atoms with Crippen molar-refractivity contribution in [3.8, 4) is 22.3 Å². The van der Waals surface area contributed by atoms with Crippen molar-refractivity contribution < 1.29 is 8.83 Å². The fourth-order valence-electron chi connectivity index (χ4n) is 10.3. The number of para-hydroxylation sites is 1. The van der Waals surface area contributed by atoms with Crippen LogP contribution in [-0.2, 0) is 5.41 Å². The first-order valence-corrected chi connectivity index (χ1v) is 24.6. The maximum Gasteiger partial charge on any atom is 0.160 e. The summed E-state index contributed by atoms with van der Waals surface area (Å²) in [5.41, 5.74) is 18.1. The number of rotatable bonds is 7. The number of hydrogen-bond donors (Lipinski definition) is 0. The van der Waals surface area contributed by atoms with Crippen LogP contribution in [0.1, 0.15) is 65.8 Å². The number of nitrogens with zero attached hydrogens (tertiary/aromatic N) is 1. The summed E-state index contributed by atoms with van der Waals surface area (Å²) in [6.07, 6.45) is 6.08. The van der Waals surface area contributed by atoms with Crippen LogP contribution >= 0.6 is 0 Å². The summed E-state index contributed by atoms with van der Waals surface area (Å²) in [6.45, 7) is 18.2. The minimum atomic E-state index is -1.57. The normalized spacial score (nSPS) is 15.1. The van der Waals surface area contributed by atoms with Gasteiger partial charge in [-0.3, -0.25) is 0 Å². The zero-order valence-corrected chi connectivity index (χ0v) is 36.1. The number of anilines is 3. The van der Waals surface area contributed by atoms with Crippen molar-refractivity contribution in [1.82, 2.24) is 0 Å². The molecule has 2 heterocycles. The number of hydrogen-bond acceptors (Lipinski definition) is 3. The van der Waals surface area contributed by atoms with Gasteiger partial charge in [0, 0.05) is 44.4 Å². The Hall–Kier alpha value is -6.62. The molecule has 4 heteroatoms. The molecular weight excluding hydrogens is 747 g/mol. The Labute approximate surface area is 352 Å². The second kappa shape index (κ2) is 13.2. The van der Waals surface area contributed by atoms with E-state index >= 15 is 0 Å². The molecule has 292 valence electrons. The molecule has 11 rings (SSSR count). The maximum absolute atomic E-state index is 7.15. The van der Waals surface area contributed by atoms with Gasteiger partial charge in [0.15, 0.2) is 5.58 Å². The molecule has 2 aromatic heterocycles. The molecule has 0 aliphatic heterocycles. The monoisotopic (exact) mass is 793 g/mol. The van der Waals surface area contributed by atoms with Crippen LogP contribution in [0, 0.1) is 0 Å². The van der Waals surface area contributed by atoms with Gasteiger partial charge in [-0.05, 0) is 106 Å². The molecule has 9 aromatic rings. The van der Waals surface area contributed by atoms with Gasteiger partial charge in [-0.2, -0.15) is 0 Å². The van der Waals surface area contributed by atoms with Gasteiger partial charge in [-0.1, -0.05) is 154 Å². The van der Waals surface area contributed by atoms with Gasteiger partial charge in [0.2, 0.25) is 0 Å². The highest BCUT2D eigenvalue weighted by Crippen LogP contribution is 2.59. The summed E-state index contributed by atoms with van der Waals surface area (Å²) in [5.74, 6) is 0.958. The van der Waals surface area contributed by atoms with Crippen LogP contribution in [0.2, 0.25) is 19.6 Å². The zero-order valence-electron chi connectivity index (χ0n) is 35.1. The Bertz CT molecular complexity index is 3240. The molecule has 7 aromatic carbocycles. The van der Waals surface area contributed by atoms with Crippen molar-refractivity contribution in [2.75, 3.05) is 4.90 Å². The van der Waals surface area contributed by atoms with E-state index < -0.39 is 8.07 Å². The largest absolute Gasteiger partial charge is 0.456 e. The zero-order chi connectivity index (χ0) is 41.1. The molecule has 1 atom stereocenters. The van der Waals surface area contributed by atoms with E-state index in [-0.39, 0.29) is 11.3 Å². The third-order valence-corrected chi connectivity index (χ3v) is 15.3. The second-order valence-electron chi connectivity index (χ2n) is 18.0. The molecule has 0 fully saturated rings. The Balaban J connectivity index is 1.23. The molecule has 1 unspecified atom stereocenters. The minimum absolute atomic E-state index is 0.172. The maximum atomic E-state index is 7.15. The molecule has 2 aliphatic rings. The van der Waals surface area contributed by atoms with Crippen LogP contribution in [0.5, 0.6) is 0 Å². The molecule has 0 spiro atoms. The van der Waals surface area contributed by atoms with E-state index in [2.05, 4.69) is 204 Å². The summed E-state index contributed by atoms with van der Waals surface area (Å²) in [7, 11) is -1.57. The molecular formula is C56H47NO2Si. The summed E-state index contributed by atoms with van der Waals surface area (Å²) in [5, 5.41) is 4.79. The lowest BCUT2D eigenvalue weighted by atomic mass is 9.81. The van der Waals surface area contributed by atoms with Crippen molar-refractivity contribution in [1.29, 1.82) is 0 Å². The quantitative estimate of drug-likeness (QED) is 0.151. The molecule has 0 N–H and O–H groups in total. The molecule has 2 aliphatic carbocycles. The van der Waals surface area contributed by atoms with Gasteiger partial charge in [0.05, 0.1) is 13.8 Å². The van der Waals surface area contributed by atoms with E-state index in [1.807, 2.05) is 6.08 Å². The second-order valence-corrected chi connectivity index (χ2v) is 23.1. The average Bonchev–Trinajstić information content (AvgIpc) is 3.98. The molecule has 0 saturated heterocycles. The number of fused-ring (bicyclic) bond motifs is 12. The van der Waals surface area contributed by atoms with E-state index in [1.54, 1.807) is 0 Å². The third kappa shape index (κ3) is 5.20. The lowest BCUT2D eigenvalue weighted by Crippen LogP contribution is -2.37. The van der Waals surface area contributed by atoms with E-state index in [0.29, 0.717) is 0 Å². The van der Waals surface area contributed by atoms with Crippen LogP contribution in [0.15, 0.2) is 161 Å². The standard InChI is InChI=1S/C56H47NO2Si/c1-8-17-41-47(9-2)58-49-31-30-44-53(51(41)49)54-45(56(44,3)4)33-46(55-52(54)42-22-15-16-23-48(42)59-55)57(35-24-27-37(28-25-35)60(5,6)7)36-26-29-40-43(32-36)38-20-13-14-21-39(38)50(40)34-18-11-10-12-19-34/h8-33,50H,2H2,1,3-7H3/b17-8-. The van der Waals surface area contributed by atoms with Crippen molar-refractivity contribution in [3.05, 3.63) is 191 Å². The first-order chi connectivity index (χ1) is 29.1. The molecule has 0 amide bonds. The molecule has 3 nitrogen and oxygen atoms in total. The van der Waals surface area contributed by atoms with Gasteiger partial charge >= 0.3 is 0 Å². The Morgan fingerprint density at radius 2 is 1.35 bits per heavy atom. The summed E-state index contributed by atoms with van der Waals surface area (Å²) in [6, 6.07) is 51.7. The van der Waals surface area contributed by atoms with Crippen LogP contribution < -0.4 is 10.1 Å². The van der Waals surface area contributed by atoms with Gasteiger partial charge in [0.1, 0.15) is 16.9 Å². The van der Waals surface area contributed by atoms with Gasteiger partial charge in [0.25, 0.3) is 0 Å². The van der Waals surface area contributed by atoms with Gasteiger partial charge in [-0.15, -0.1) is 0 Å². The minimum Gasteiger partial charge on any atom is -0.456 e. The molecule has 0 saturated carbocycles. The number of benzene rings is 7. The van der Waals surface area contributed by atoms with E-state index in [1.165, 1.54) is 55.3 Å². The highest BCUT2D eigenvalue weighted by molar-refractivity contribution is 6.88. The predicted molar refractivity (Wildman–Crippen MR) is 256 cm³/mol. The van der Waals surface area contributed by atoms with Crippen molar-refractivity contribution >= 4 is 75.4 Å². The fourth-order valence-corrected chi connectivity index (χ4v) is 11.5. The smallest absolute Gasteiger partial charge is 0.160 e. The lowest BCUT2D eigenvalue weighted by molar-refractivity contribution is 0.603. The highest BCUT2D eigenvalue weighted by atomic mass is 28.3. The molecule has 0 radical (unpaired) electrons. The Morgan fingerprint density at radius 3 is 2.12 bits per heavy atom. The van der Waals surface area contributed by atoms with Gasteiger partial charge < -0.3 is 13.7 Å². The van der Waals surface area contributed by atoms with E-state index in [0.717, 1.165) is 61.3 Å². The van der Waals surface area contributed by atoms with Crippen LogP contribution in [-0.4, -0.2) is 8.07 Å². The van der Waals surface area contributed by atoms with Crippen molar-refractivity contribution in [2.45, 2.75) is 51.7 Å². The first kappa shape index (κ1) is 36.5. The summed E-state index contributed by atoms with van der Waals surface area (Å²) < 4.78 is 13.6. The van der Waals surface area contributed by atoms with E-state index in [9.17, 15) is 0 Å². The third-order valence-electron chi connectivity index (χ3n) is 13.2. The highest BCUT2D eigenvalue weighted by Gasteiger charge is 2.42. The predicted octanol–water partition coefficient (Wildman–Crippen LogP) is 15.5. The van der Waals surface area contributed by atoms with Crippen LogP contribution in [0.4, 0.5) is 17.1 Å². The van der Waals surface area contributed by atoms with E-state index in [4.69, 9.17) is 8.83 Å². The van der Waals surface area contributed by atoms with Crippen LogP contribution in [0.25, 0.3) is 67.3 Å². The average molecular weight is 794 g/mol. The summed E-state index contributed by atoms with van der Waals surface area (Å²) >= 11 is 0. The number of furan rings is 2. The SMILES string of the molecule is C=Cc1oc2ccc3c(c2c1/C=C\C)-c1c(cc(N(c2ccc([Si](C)(C)C)cc2)c2ccc4c(c2)-c2ccccc2C4c2ccccc2)c2oc4ccccc4c12)C3(C)C. The first-order valence-electron chi connectivity index (χ1n) is 21.1. The Kier molecular flexibility index (Phi) is 8.01. The Morgan fingerprint density at radius 1 is 0.650 bits per heavy atom. The van der Waals surface area contributed by atoms with Crippen LogP contribution in [0.3, 0.4) is 0 Å². The lowest BCUT2D eigenvalue weighted by Gasteiger charge is -2.29. The van der Waals surface area contributed by atoms with Crippen molar-refractivity contribution in [3.63, 3.8) is 0 Å². The number of allylic oxidation sites excluding steroid dienone is 1. The topological polar surface area (TPSA) is 29.5 Å². The van der Waals surface area contributed by atoms with Gasteiger partial charge in [-0.25, -0.2) is 0 Å². The fraction of sp³-hybridized carbons (Fsp3) is 0.143. The molecule has 0 bridgehead atoms. The molecule has 60 heavy (non-hydrogen) atoms.